The minimum absolute atomic E-state index is 0.249. The van der Waals surface area contributed by atoms with Crippen LogP contribution in [0.25, 0.3) is 33.8 Å². The molecule has 3 aromatic carbocycles. The summed E-state index contributed by atoms with van der Waals surface area (Å²) in [5.41, 5.74) is 6.89. The first-order valence-corrected chi connectivity index (χ1v) is 22.1. The van der Waals surface area contributed by atoms with E-state index in [0.717, 1.165) is 63.4 Å². The molecule has 0 bridgehead atoms. The van der Waals surface area contributed by atoms with Crippen molar-refractivity contribution < 1.29 is 13.1 Å². The maximum atomic E-state index is 12.5. The van der Waals surface area contributed by atoms with Crippen LogP contribution in [0, 0.1) is 5.21 Å². The molecule has 0 fully saturated rings. The molecule has 0 aliphatic heterocycles. The number of benzene rings is 3. The summed E-state index contributed by atoms with van der Waals surface area (Å²) >= 11 is 10.6. The number of rotatable bonds is 13. The molecule has 3 N–H and O–H groups in total. The number of aromatic nitrogens is 7. The van der Waals surface area contributed by atoms with Gasteiger partial charge < -0.3 is 20.7 Å². The van der Waals surface area contributed by atoms with Crippen LogP contribution in [0.15, 0.2) is 146 Å². The van der Waals surface area contributed by atoms with Gasteiger partial charge in [0.1, 0.15) is 11.6 Å². The maximum absolute atomic E-state index is 12.5. The van der Waals surface area contributed by atoms with Crippen LogP contribution < -0.4 is 20.1 Å². The van der Waals surface area contributed by atoms with Crippen molar-refractivity contribution in [1.29, 1.82) is 0 Å². The number of fused-ring (bicyclic) bond motifs is 2. The van der Waals surface area contributed by atoms with Gasteiger partial charge in [-0.2, -0.15) is 24.0 Å². The second-order valence-corrected chi connectivity index (χ2v) is 17.8. The summed E-state index contributed by atoms with van der Waals surface area (Å²) in [5.74, 6) is 1.57. The lowest BCUT2D eigenvalue weighted by molar-refractivity contribution is -0.605. The van der Waals surface area contributed by atoms with Gasteiger partial charge in [-0.1, -0.05) is 76.6 Å². The number of halogens is 3. The minimum atomic E-state index is -3.53. The molecule has 0 unspecified atom stereocenters. The van der Waals surface area contributed by atoms with Gasteiger partial charge in [-0.3, -0.25) is 0 Å². The average Bonchev–Trinajstić information content (AvgIpc) is 3.81. The van der Waals surface area contributed by atoms with E-state index in [4.69, 9.17) is 9.97 Å². The van der Waals surface area contributed by atoms with Crippen molar-refractivity contribution >= 4 is 80.7 Å². The van der Waals surface area contributed by atoms with Gasteiger partial charge in [-0.15, -0.1) is 0 Å². The van der Waals surface area contributed by atoms with Gasteiger partial charge in [-0.05, 0) is 75.8 Å². The zero-order chi connectivity index (χ0) is 41.5. The fourth-order valence-electron chi connectivity index (χ4n) is 5.95. The molecular formula is C41H38Br3N11O3S. The largest absolute Gasteiger partial charge is 0.619 e. The Bertz CT molecular complexity index is 2820. The summed E-state index contributed by atoms with van der Waals surface area (Å²) in [6.45, 7) is 1.99. The smallest absolute Gasteiger partial charge is 0.240 e. The molecule has 0 saturated heterocycles. The van der Waals surface area contributed by atoms with Crippen molar-refractivity contribution in [3.05, 3.63) is 158 Å². The SMILES string of the molecule is CN(C)CCNS(=O)(=O)c1ccc(CNc2cc(-c3ccccc3)nc3c(Br)cnn23)cc1.[O-][n+]1cccc(CNc2cc(-c3ccccc3Br)nc3c(Br)cnn23)c1. The number of likely N-dealkylation sites (N-methyl/N-ethyl adjacent to an activating group) is 1. The van der Waals surface area contributed by atoms with E-state index in [1.807, 2.05) is 104 Å². The minimum Gasteiger partial charge on any atom is -0.619 e. The first-order chi connectivity index (χ1) is 28.4. The number of pyridine rings is 1. The highest BCUT2D eigenvalue weighted by Crippen LogP contribution is 2.31. The standard InChI is InChI=1S/C23H25BrN6O2S.C18H13Br2N5O/c1-29(2)13-12-27-33(31,32)19-10-8-17(9-11-19)15-25-22-14-21(18-6-4-3-5-7-18)28-23-20(24)16-26-30(22)23;19-14-6-2-1-5-13(14)16-8-17(25-18(23-16)15(20)10-22-25)21-9-12-4-3-7-24(26)11-12/h3-11,14,16,25,27H,12-13,15H2,1-2H3;1-8,10-11,21H,9H2. The van der Waals surface area contributed by atoms with Crippen LogP contribution in [0.1, 0.15) is 11.1 Å². The fourth-order valence-corrected chi connectivity index (χ4v) is 8.16. The lowest BCUT2D eigenvalue weighted by atomic mass is 10.1. The van der Waals surface area contributed by atoms with Crippen molar-refractivity contribution in [3.63, 3.8) is 0 Å². The van der Waals surface area contributed by atoms with Crippen LogP contribution in [0.3, 0.4) is 0 Å². The second kappa shape index (κ2) is 18.8. The molecule has 14 nitrogen and oxygen atoms in total. The van der Waals surface area contributed by atoms with Crippen LogP contribution in [0.5, 0.6) is 0 Å². The number of hydrogen-bond donors (Lipinski definition) is 3. The van der Waals surface area contributed by atoms with Gasteiger partial charge in [0, 0.05) is 65.5 Å². The Hall–Kier alpha value is -5.24. The van der Waals surface area contributed by atoms with E-state index < -0.39 is 10.0 Å². The van der Waals surface area contributed by atoms with E-state index in [1.165, 1.54) is 6.20 Å². The summed E-state index contributed by atoms with van der Waals surface area (Å²) in [6, 6.07) is 32.3. The van der Waals surface area contributed by atoms with Crippen LogP contribution in [0.2, 0.25) is 0 Å². The van der Waals surface area contributed by atoms with Gasteiger partial charge in [0.2, 0.25) is 10.0 Å². The van der Waals surface area contributed by atoms with Crippen molar-refractivity contribution in [1.82, 2.24) is 38.8 Å². The highest BCUT2D eigenvalue weighted by atomic mass is 79.9. The summed E-state index contributed by atoms with van der Waals surface area (Å²) < 4.78 is 34.4. The normalized spacial score (nSPS) is 11.5. The van der Waals surface area contributed by atoms with E-state index >= 15 is 0 Å². The zero-order valence-corrected chi connectivity index (χ0v) is 37.4. The molecule has 5 aromatic heterocycles. The molecule has 18 heteroatoms. The van der Waals surface area contributed by atoms with Crippen LogP contribution in [-0.4, -0.2) is 69.7 Å². The predicted molar refractivity (Wildman–Crippen MR) is 240 cm³/mol. The number of anilines is 2. The molecule has 0 aliphatic rings. The molecule has 5 heterocycles. The molecule has 8 aromatic rings. The van der Waals surface area contributed by atoms with E-state index in [9.17, 15) is 13.6 Å². The second-order valence-electron chi connectivity index (χ2n) is 13.5. The lowest BCUT2D eigenvalue weighted by Crippen LogP contribution is -2.31. The third kappa shape index (κ3) is 10.3. The highest BCUT2D eigenvalue weighted by molar-refractivity contribution is 9.11. The average molecular weight is 1000 g/mol. The van der Waals surface area contributed by atoms with Crippen LogP contribution in [0.4, 0.5) is 11.6 Å². The third-order valence-electron chi connectivity index (χ3n) is 8.95. The van der Waals surface area contributed by atoms with Crippen molar-refractivity contribution in [2.45, 2.75) is 18.0 Å². The first kappa shape index (κ1) is 41.9. The Morgan fingerprint density at radius 3 is 1.93 bits per heavy atom. The van der Waals surface area contributed by atoms with Gasteiger partial charge in [0.25, 0.3) is 0 Å². The highest BCUT2D eigenvalue weighted by Gasteiger charge is 2.16. The molecule has 59 heavy (non-hydrogen) atoms. The van der Waals surface area contributed by atoms with E-state index in [-0.39, 0.29) is 4.90 Å². The van der Waals surface area contributed by atoms with Gasteiger partial charge >= 0.3 is 0 Å². The topological polar surface area (TPSA) is 161 Å². The van der Waals surface area contributed by atoms with Crippen LogP contribution >= 0.6 is 47.8 Å². The summed E-state index contributed by atoms with van der Waals surface area (Å²) in [5, 5.41) is 27.0. The van der Waals surface area contributed by atoms with E-state index in [1.54, 1.807) is 45.8 Å². The Labute approximate surface area is 366 Å². The molecule has 302 valence electrons. The molecule has 0 radical (unpaired) electrons. The van der Waals surface area contributed by atoms with Crippen molar-refractivity contribution in [2.75, 3.05) is 37.8 Å². The van der Waals surface area contributed by atoms with E-state index in [0.29, 0.717) is 37.5 Å². The maximum Gasteiger partial charge on any atom is 0.240 e. The van der Waals surface area contributed by atoms with Gasteiger partial charge in [-0.25, -0.2) is 23.1 Å². The monoisotopic (exact) mass is 1000 g/mol. The molecular weight excluding hydrogens is 966 g/mol. The number of nitrogens with one attached hydrogen (secondary N) is 3. The Kier molecular flexibility index (Phi) is 13.3. The lowest BCUT2D eigenvalue weighted by Gasteiger charge is -2.12. The Morgan fingerprint density at radius 1 is 0.712 bits per heavy atom. The number of sulfonamides is 1. The Morgan fingerprint density at radius 2 is 1.31 bits per heavy atom. The fraction of sp³-hybridized carbons (Fsp3) is 0.146. The summed E-state index contributed by atoms with van der Waals surface area (Å²) in [4.78, 5) is 11.6. The van der Waals surface area contributed by atoms with Crippen LogP contribution in [-0.2, 0) is 23.1 Å². The molecule has 8 rings (SSSR count). The predicted octanol–water partition coefficient (Wildman–Crippen LogP) is 7.78. The first-order valence-electron chi connectivity index (χ1n) is 18.2. The number of hydrogen-bond acceptors (Lipinski definition) is 10. The third-order valence-corrected chi connectivity index (χ3v) is 12.2. The van der Waals surface area contributed by atoms with Gasteiger partial charge in [0.15, 0.2) is 23.7 Å². The molecule has 0 amide bonds. The molecule has 0 saturated carbocycles. The summed E-state index contributed by atoms with van der Waals surface area (Å²) in [7, 11) is 0.274. The summed E-state index contributed by atoms with van der Waals surface area (Å²) in [6.07, 6.45) is 6.43. The zero-order valence-electron chi connectivity index (χ0n) is 31.8. The Balaban J connectivity index is 0.000000184. The van der Waals surface area contributed by atoms with Crippen molar-refractivity contribution in [3.8, 4) is 22.5 Å². The van der Waals surface area contributed by atoms with Crippen molar-refractivity contribution in [2.24, 2.45) is 0 Å². The molecule has 0 atom stereocenters. The number of nitrogens with zero attached hydrogens (tertiary/aromatic N) is 8. The van der Waals surface area contributed by atoms with E-state index in [2.05, 4.69) is 73.3 Å². The molecule has 0 spiro atoms. The quantitative estimate of drug-likeness (QED) is 0.0769. The molecule has 0 aliphatic carbocycles. The van der Waals surface area contributed by atoms with Gasteiger partial charge in [0.05, 0.1) is 37.6 Å².